The van der Waals surface area contributed by atoms with Crippen molar-refractivity contribution in [1.29, 1.82) is 0 Å². The highest BCUT2D eigenvalue weighted by molar-refractivity contribution is 6.33. The highest BCUT2D eigenvalue weighted by Gasteiger charge is 2.08. The number of nitrogens with one attached hydrogen (secondary N) is 1. The first-order valence-corrected chi connectivity index (χ1v) is 6.96. The van der Waals surface area contributed by atoms with Crippen LogP contribution in [0.5, 0.6) is 0 Å². The zero-order chi connectivity index (χ0) is 15.0. The van der Waals surface area contributed by atoms with Gasteiger partial charge < -0.3 is 10.1 Å². The molecule has 0 aliphatic carbocycles. The lowest BCUT2D eigenvalue weighted by molar-refractivity contribution is -0.140. The normalized spacial score (nSPS) is 10.2. The average molecular weight is 319 g/mol. The second kappa shape index (κ2) is 8.76. The highest BCUT2D eigenvalue weighted by atomic mass is 35.5. The van der Waals surface area contributed by atoms with Crippen molar-refractivity contribution in [2.24, 2.45) is 0 Å². The van der Waals surface area contributed by atoms with Gasteiger partial charge in [0.25, 0.3) is 5.91 Å². The summed E-state index contributed by atoms with van der Waals surface area (Å²) in [4.78, 5) is 26.5. The Labute approximate surface area is 127 Å². The zero-order valence-corrected chi connectivity index (χ0v) is 12.6. The molecule has 0 bridgehead atoms. The molecule has 1 aromatic rings. The molecule has 1 heterocycles. The standard InChI is InChI=1S/C13H16Cl2N2O3/c1-20-12(18)5-3-2-4-6-16-13(19)9-7-10(14)17-11(15)8-9/h7-8H,2-6H2,1H3,(H,16,19). The Balaban J connectivity index is 2.25. The highest BCUT2D eigenvalue weighted by Crippen LogP contribution is 2.14. The molecule has 0 aliphatic heterocycles. The van der Waals surface area contributed by atoms with Crippen molar-refractivity contribution in [2.75, 3.05) is 13.7 Å². The van der Waals surface area contributed by atoms with Gasteiger partial charge in [-0.05, 0) is 25.0 Å². The van der Waals surface area contributed by atoms with Crippen molar-refractivity contribution in [1.82, 2.24) is 10.3 Å². The summed E-state index contributed by atoms with van der Waals surface area (Å²) >= 11 is 11.4. The first-order chi connectivity index (χ1) is 9.52. The molecule has 5 nitrogen and oxygen atoms in total. The van der Waals surface area contributed by atoms with Crippen molar-refractivity contribution in [3.63, 3.8) is 0 Å². The second-order valence-electron chi connectivity index (χ2n) is 4.14. The number of halogens is 2. The Kier molecular flexibility index (Phi) is 7.33. The first-order valence-electron chi connectivity index (χ1n) is 6.21. The Morgan fingerprint density at radius 1 is 1.20 bits per heavy atom. The maximum Gasteiger partial charge on any atom is 0.305 e. The lowest BCUT2D eigenvalue weighted by Gasteiger charge is -2.05. The van der Waals surface area contributed by atoms with Gasteiger partial charge in [0, 0.05) is 18.5 Å². The maximum absolute atomic E-state index is 11.8. The molecule has 1 N–H and O–H groups in total. The number of amides is 1. The molecule has 0 unspecified atom stereocenters. The molecule has 0 radical (unpaired) electrons. The van der Waals surface area contributed by atoms with E-state index in [1.165, 1.54) is 19.2 Å². The van der Waals surface area contributed by atoms with Crippen LogP contribution in [0.3, 0.4) is 0 Å². The van der Waals surface area contributed by atoms with Crippen LogP contribution in [0.1, 0.15) is 36.0 Å². The van der Waals surface area contributed by atoms with Crippen LogP contribution in [0.15, 0.2) is 12.1 Å². The van der Waals surface area contributed by atoms with Crippen LogP contribution in [-0.2, 0) is 9.53 Å². The molecule has 110 valence electrons. The molecule has 0 aliphatic rings. The van der Waals surface area contributed by atoms with Gasteiger partial charge in [-0.2, -0.15) is 0 Å². The van der Waals surface area contributed by atoms with Gasteiger partial charge in [-0.25, -0.2) is 4.98 Å². The number of pyridine rings is 1. The number of esters is 1. The van der Waals surface area contributed by atoms with Crippen molar-refractivity contribution < 1.29 is 14.3 Å². The summed E-state index contributed by atoms with van der Waals surface area (Å²) in [5.74, 6) is -0.459. The average Bonchev–Trinajstić information content (AvgIpc) is 2.40. The minimum atomic E-state index is -0.246. The minimum absolute atomic E-state index is 0.181. The Morgan fingerprint density at radius 3 is 2.45 bits per heavy atom. The van der Waals surface area contributed by atoms with E-state index < -0.39 is 0 Å². The van der Waals surface area contributed by atoms with Crippen molar-refractivity contribution >= 4 is 35.1 Å². The van der Waals surface area contributed by atoms with E-state index >= 15 is 0 Å². The topological polar surface area (TPSA) is 68.3 Å². The molecule has 0 saturated heterocycles. The summed E-state index contributed by atoms with van der Waals surface area (Å²) in [6.07, 6.45) is 2.78. The zero-order valence-electron chi connectivity index (χ0n) is 11.1. The lowest BCUT2D eigenvalue weighted by Crippen LogP contribution is -2.24. The molecule has 0 saturated carbocycles. The second-order valence-corrected chi connectivity index (χ2v) is 4.92. The number of hydrogen-bond acceptors (Lipinski definition) is 4. The Morgan fingerprint density at radius 2 is 1.85 bits per heavy atom. The summed E-state index contributed by atoms with van der Waals surface area (Å²) in [6.45, 7) is 0.525. The third-order valence-corrected chi connectivity index (χ3v) is 2.98. The van der Waals surface area contributed by atoms with Crippen LogP contribution in [-0.4, -0.2) is 30.5 Å². The smallest absolute Gasteiger partial charge is 0.305 e. The van der Waals surface area contributed by atoms with Gasteiger partial charge in [0.1, 0.15) is 10.3 Å². The van der Waals surface area contributed by atoms with Crippen LogP contribution in [0.4, 0.5) is 0 Å². The molecule has 0 aromatic carbocycles. The molecule has 0 atom stereocenters. The first kappa shape index (κ1) is 16.7. The summed E-state index contributed by atoms with van der Waals surface area (Å²) in [5.41, 5.74) is 0.379. The fraction of sp³-hybridized carbons (Fsp3) is 0.462. The van der Waals surface area contributed by atoms with E-state index in [9.17, 15) is 9.59 Å². The SMILES string of the molecule is COC(=O)CCCCCNC(=O)c1cc(Cl)nc(Cl)c1. The van der Waals surface area contributed by atoms with Crippen LogP contribution in [0.2, 0.25) is 10.3 Å². The van der Waals surface area contributed by atoms with Crippen molar-refractivity contribution in [3.8, 4) is 0 Å². The Hall–Kier alpha value is -1.33. The molecule has 7 heteroatoms. The number of nitrogens with zero attached hydrogens (tertiary/aromatic N) is 1. The van der Waals surface area contributed by atoms with Crippen LogP contribution in [0, 0.1) is 0 Å². The number of aromatic nitrogens is 1. The largest absolute Gasteiger partial charge is 0.469 e. The van der Waals surface area contributed by atoms with E-state index in [0.717, 1.165) is 19.3 Å². The molecule has 1 rings (SSSR count). The number of carbonyl (C=O) groups excluding carboxylic acids is 2. The van der Waals surface area contributed by atoms with Gasteiger partial charge >= 0.3 is 5.97 Å². The van der Waals surface area contributed by atoms with Crippen molar-refractivity contribution in [3.05, 3.63) is 28.0 Å². The van der Waals surface area contributed by atoms with E-state index in [1.807, 2.05) is 0 Å². The molecule has 0 fully saturated rings. The fourth-order valence-electron chi connectivity index (χ4n) is 1.57. The quantitative estimate of drug-likeness (QED) is 0.477. The van der Waals surface area contributed by atoms with Gasteiger partial charge in [-0.15, -0.1) is 0 Å². The Bertz CT molecular complexity index is 460. The molecule has 20 heavy (non-hydrogen) atoms. The van der Waals surface area contributed by atoms with Gasteiger partial charge in [-0.1, -0.05) is 29.6 Å². The number of rotatable bonds is 7. The molecule has 1 amide bonds. The number of methoxy groups -OCH3 is 1. The van der Waals surface area contributed by atoms with Gasteiger partial charge in [0.05, 0.1) is 7.11 Å². The minimum Gasteiger partial charge on any atom is -0.469 e. The van der Waals surface area contributed by atoms with E-state index in [0.29, 0.717) is 18.5 Å². The van der Waals surface area contributed by atoms with Gasteiger partial charge in [0.15, 0.2) is 0 Å². The summed E-state index contributed by atoms with van der Waals surface area (Å²) in [6, 6.07) is 2.92. The van der Waals surface area contributed by atoms with E-state index in [1.54, 1.807) is 0 Å². The summed E-state index contributed by atoms with van der Waals surface area (Å²) in [7, 11) is 1.37. The summed E-state index contributed by atoms with van der Waals surface area (Å²) in [5, 5.41) is 3.12. The fourth-order valence-corrected chi connectivity index (χ4v) is 2.03. The van der Waals surface area contributed by atoms with Crippen molar-refractivity contribution in [2.45, 2.75) is 25.7 Å². The van der Waals surface area contributed by atoms with Gasteiger partial charge in [-0.3, -0.25) is 9.59 Å². The van der Waals surface area contributed by atoms with Gasteiger partial charge in [0.2, 0.25) is 0 Å². The number of carbonyl (C=O) groups is 2. The number of ether oxygens (including phenoxy) is 1. The molecule has 1 aromatic heterocycles. The third-order valence-electron chi connectivity index (χ3n) is 2.60. The van der Waals surface area contributed by atoms with Crippen LogP contribution >= 0.6 is 23.2 Å². The molecular formula is C13H16Cl2N2O3. The number of hydrogen-bond donors (Lipinski definition) is 1. The lowest BCUT2D eigenvalue weighted by atomic mass is 10.2. The maximum atomic E-state index is 11.8. The van der Waals surface area contributed by atoms with E-state index in [4.69, 9.17) is 23.2 Å². The molecule has 0 spiro atoms. The molecular weight excluding hydrogens is 303 g/mol. The monoisotopic (exact) mass is 318 g/mol. The van der Waals surface area contributed by atoms with Crippen LogP contribution in [0.25, 0.3) is 0 Å². The number of unbranched alkanes of at least 4 members (excludes halogenated alkanes) is 2. The van der Waals surface area contributed by atoms with Crippen LogP contribution < -0.4 is 5.32 Å². The predicted molar refractivity (Wildman–Crippen MR) is 77.1 cm³/mol. The predicted octanol–water partition coefficient (Wildman–Crippen LogP) is 2.85. The van der Waals surface area contributed by atoms with E-state index in [-0.39, 0.29) is 22.2 Å². The van der Waals surface area contributed by atoms with E-state index in [2.05, 4.69) is 15.0 Å². The third kappa shape index (κ3) is 6.21. The summed E-state index contributed by atoms with van der Waals surface area (Å²) < 4.78 is 4.54.